The van der Waals surface area contributed by atoms with E-state index >= 15 is 0 Å². The Kier molecular flexibility index (Phi) is 7.17. The Balaban J connectivity index is 1.40. The van der Waals surface area contributed by atoms with E-state index in [9.17, 15) is 18.8 Å². The number of furan rings is 1. The van der Waals surface area contributed by atoms with E-state index in [0.29, 0.717) is 28.1 Å². The fourth-order valence-corrected chi connectivity index (χ4v) is 4.27. The molecule has 5 rings (SSSR count). The van der Waals surface area contributed by atoms with Crippen molar-refractivity contribution in [2.24, 2.45) is 0 Å². The van der Waals surface area contributed by atoms with Crippen LogP contribution in [-0.2, 0) is 22.6 Å². The molecule has 38 heavy (non-hydrogen) atoms. The molecule has 8 nitrogen and oxygen atoms in total. The van der Waals surface area contributed by atoms with Gasteiger partial charge in [0.25, 0.3) is 5.91 Å². The fraction of sp³-hybridized carbons (Fsp3) is 0.138. The molecular weight excluding hydrogens is 489 g/mol. The monoisotopic (exact) mass is 513 g/mol. The second-order valence-corrected chi connectivity index (χ2v) is 8.75. The number of rotatable bonds is 8. The number of ether oxygens (including phenoxy) is 1. The Hall–Kier alpha value is -4.92. The predicted octanol–water partition coefficient (Wildman–Crippen LogP) is 5.05. The highest BCUT2D eigenvalue weighted by Crippen LogP contribution is 2.35. The molecule has 2 heterocycles. The molecule has 0 saturated carbocycles. The minimum Gasteiger partial charge on any atom is -0.467 e. The molecular formula is C29H24FN3O5. The van der Waals surface area contributed by atoms with Crippen LogP contribution < -0.4 is 10.6 Å². The van der Waals surface area contributed by atoms with Crippen molar-refractivity contribution >= 4 is 23.6 Å². The number of carbonyl (C=O) groups is 3. The van der Waals surface area contributed by atoms with Gasteiger partial charge in [0.1, 0.15) is 11.6 Å². The van der Waals surface area contributed by atoms with Crippen LogP contribution in [0.25, 0.3) is 0 Å². The van der Waals surface area contributed by atoms with Gasteiger partial charge in [-0.2, -0.15) is 0 Å². The summed E-state index contributed by atoms with van der Waals surface area (Å²) >= 11 is 0. The third-order valence-electron chi connectivity index (χ3n) is 6.15. The highest BCUT2D eigenvalue weighted by molar-refractivity contribution is 6.04. The molecule has 1 aliphatic heterocycles. The van der Waals surface area contributed by atoms with Gasteiger partial charge in [0.15, 0.2) is 12.1 Å². The summed E-state index contributed by atoms with van der Waals surface area (Å²) in [5.74, 6) is -0.594. The van der Waals surface area contributed by atoms with Gasteiger partial charge in [-0.3, -0.25) is 14.5 Å². The van der Waals surface area contributed by atoms with Crippen molar-refractivity contribution in [3.05, 3.63) is 126 Å². The van der Waals surface area contributed by atoms with E-state index in [-0.39, 0.29) is 19.0 Å². The molecule has 3 aromatic carbocycles. The smallest absolute Gasteiger partial charge is 0.411 e. The Bertz CT molecular complexity index is 1420. The topological polar surface area (TPSA) is 101 Å². The summed E-state index contributed by atoms with van der Waals surface area (Å²) in [6.45, 7) is 0.166. The van der Waals surface area contributed by atoms with Crippen LogP contribution in [0.15, 0.2) is 102 Å². The van der Waals surface area contributed by atoms with Crippen LogP contribution in [0, 0.1) is 5.82 Å². The van der Waals surface area contributed by atoms with E-state index < -0.39 is 30.0 Å². The Morgan fingerprint density at radius 1 is 0.921 bits per heavy atom. The molecule has 4 aromatic rings. The Morgan fingerprint density at radius 3 is 2.45 bits per heavy atom. The molecule has 0 aliphatic carbocycles. The number of cyclic esters (lactones) is 1. The average molecular weight is 514 g/mol. The number of amides is 3. The zero-order chi connectivity index (χ0) is 26.5. The van der Waals surface area contributed by atoms with Crippen molar-refractivity contribution in [1.82, 2.24) is 10.2 Å². The van der Waals surface area contributed by atoms with Gasteiger partial charge in [0.05, 0.1) is 19.4 Å². The van der Waals surface area contributed by atoms with Crippen molar-refractivity contribution in [3.8, 4) is 0 Å². The van der Waals surface area contributed by atoms with E-state index in [2.05, 4.69) is 10.6 Å². The summed E-state index contributed by atoms with van der Waals surface area (Å²) < 4.78 is 24.4. The zero-order valence-corrected chi connectivity index (χ0v) is 20.2. The predicted molar refractivity (Wildman–Crippen MR) is 136 cm³/mol. The SMILES string of the molecule is O=C(Nc1cccc(C2OC(=O)N(Cc3ccc(F)cc3)C2C(=O)NCc2ccco2)c1)c1ccccc1. The molecule has 1 aliphatic rings. The van der Waals surface area contributed by atoms with Crippen molar-refractivity contribution in [2.75, 3.05) is 5.32 Å². The number of benzene rings is 3. The lowest BCUT2D eigenvalue weighted by Crippen LogP contribution is -2.46. The van der Waals surface area contributed by atoms with Gasteiger partial charge in [0.2, 0.25) is 5.91 Å². The summed E-state index contributed by atoms with van der Waals surface area (Å²) in [7, 11) is 0. The minimum atomic E-state index is -1.03. The van der Waals surface area contributed by atoms with E-state index in [1.54, 1.807) is 72.8 Å². The third kappa shape index (κ3) is 5.57. The van der Waals surface area contributed by atoms with Crippen molar-refractivity contribution in [1.29, 1.82) is 0 Å². The van der Waals surface area contributed by atoms with E-state index in [1.165, 1.54) is 23.3 Å². The fourth-order valence-electron chi connectivity index (χ4n) is 4.27. The van der Waals surface area contributed by atoms with E-state index in [1.807, 2.05) is 6.07 Å². The standard InChI is InChI=1S/C29H24FN3O5/c30-22-13-11-19(12-14-22)18-33-25(28(35)31-17-24-10-5-15-37-24)26(38-29(33)36)21-8-4-9-23(16-21)32-27(34)20-6-2-1-3-7-20/h1-16,25-26H,17-18H2,(H,31,35)(H,32,34). The number of hydrogen-bond donors (Lipinski definition) is 2. The number of halogens is 1. The summed E-state index contributed by atoms with van der Waals surface area (Å²) in [6.07, 6.45) is -0.132. The molecule has 1 aromatic heterocycles. The Labute approximate surface area is 218 Å². The number of anilines is 1. The lowest BCUT2D eigenvalue weighted by atomic mass is 10.00. The first-order chi connectivity index (χ1) is 18.5. The van der Waals surface area contributed by atoms with Crippen molar-refractivity contribution in [3.63, 3.8) is 0 Å². The van der Waals surface area contributed by atoms with Gasteiger partial charge in [-0.15, -0.1) is 0 Å². The first-order valence-corrected chi connectivity index (χ1v) is 12.0. The van der Waals surface area contributed by atoms with Crippen LogP contribution in [-0.4, -0.2) is 28.8 Å². The molecule has 0 radical (unpaired) electrons. The summed E-state index contributed by atoms with van der Waals surface area (Å²) in [6, 6.07) is 23.7. The summed E-state index contributed by atoms with van der Waals surface area (Å²) in [5.41, 5.74) is 2.14. The summed E-state index contributed by atoms with van der Waals surface area (Å²) in [4.78, 5) is 40.4. The number of carbonyl (C=O) groups excluding carboxylic acids is 3. The van der Waals surface area contributed by atoms with Gasteiger partial charge < -0.3 is 19.8 Å². The number of nitrogens with one attached hydrogen (secondary N) is 2. The van der Waals surface area contributed by atoms with E-state index in [0.717, 1.165) is 0 Å². The van der Waals surface area contributed by atoms with E-state index in [4.69, 9.17) is 9.15 Å². The first-order valence-electron chi connectivity index (χ1n) is 12.0. The average Bonchev–Trinajstić information content (AvgIpc) is 3.57. The largest absolute Gasteiger partial charge is 0.467 e. The van der Waals surface area contributed by atoms with Gasteiger partial charge >= 0.3 is 6.09 Å². The molecule has 1 fully saturated rings. The van der Waals surface area contributed by atoms with Crippen LogP contribution in [0.3, 0.4) is 0 Å². The minimum absolute atomic E-state index is 0.0406. The molecule has 0 spiro atoms. The molecule has 2 atom stereocenters. The second kappa shape index (κ2) is 11.0. The molecule has 3 amide bonds. The Morgan fingerprint density at radius 2 is 1.71 bits per heavy atom. The number of hydrogen-bond acceptors (Lipinski definition) is 5. The maximum Gasteiger partial charge on any atom is 0.411 e. The first kappa shape index (κ1) is 24.8. The molecule has 2 unspecified atom stereocenters. The number of nitrogens with zero attached hydrogens (tertiary/aromatic N) is 1. The van der Waals surface area contributed by atoms with Gasteiger partial charge in [-0.1, -0.05) is 42.5 Å². The lowest BCUT2D eigenvalue weighted by Gasteiger charge is -2.24. The quantitative estimate of drug-likeness (QED) is 0.343. The molecule has 2 N–H and O–H groups in total. The van der Waals surface area contributed by atoms with Crippen LogP contribution in [0.5, 0.6) is 0 Å². The molecule has 1 saturated heterocycles. The van der Waals surface area contributed by atoms with Crippen molar-refractivity contribution in [2.45, 2.75) is 25.2 Å². The highest BCUT2D eigenvalue weighted by atomic mass is 19.1. The van der Waals surface area contributed by atoms with Gasteiger partial charge in [0, 0.05) is 11.3 Å². The maximum atomic E-state index is 13.4. The zero-order valence-electron chi connectivity index (χ0n) is 20.2. The van der Waals surface area contributed by atoms with Crippen LogP contribution in [0.4, 0.5) is 14.9 Å². The van der Waals surface area contributed by atoms with Gasteiger partial charge in [-0.25, -0.2) is 9.18 Å². The molecule has 0 bridgehead atoms. The van der Waals surface area contributed by atoms with Crippen molar-refractivity contribution < 1.29 is 27.9 Å². The summed E-state index contributed by atoms with van der Waals surface area (Å²) in [5, 5.41) is 5.64. The van der Waals surface area contributed by atoms with Crippen LogP contribution >= 0.6 is 0 Å². The molecule has 192 valence electrons. The van der Waals surface area contributed by atoms with Crippen LogP contribution in [0.1, 0.15) is 33.3 Å². The second-order valence-electron chi connectivity index (χ2n) is 8.75. The third-order valence-corrected chi connectivity index (χ3v) is 6.15. The normalized spacial score (nSPS) is 16.7. The van der Waals surface area contributed by atoms with Gasteiger partial charge in [-0.05, 0) is 59.7 Å². The molecule has 9 heteroatoms. The lowest BCUT2D eigenvalue weighted by molar-refractivity contribution is -0.126. The van der Waals surface area contributed by atoms with Crippen LogP contribution in [0.2, 0.25) is 0 Å². The highest BCUT2D eigenvalue weighted by Gasteiger charge is 2.47. The maximum absolute atomic E-state index is 13.4.